The molecular weight excluding hydrogens is 1030 g/mol. The molecule has 71 heavy (non-hydrogen) atoms. The molecule has 1 unspecified atom stereocenters. The highest BCUT2D eigenvalue weighted by Crippen LogP contribution is 2.54. The third kappa shape index (κ3) is 11.9. The summed E-state index contributed by atoms with van der Waals surface area (Å²) in [6.07, 6.45) is 12.7. The van der Waals surface area contributed by atoms with Crippen molar-refractivity contribution < 1.29 is 84.1 Å². The van der Waals surface area contributed by atoms with Gasteiger partial charge in [0.05, 0.1) is 41.7 Å². The first-order valence-corrected chi connectivity index (χ1v) is 28.9. The average Bonchev–Trinajstić information content (AvgIpc) is 3.61. The molecule has 2 aliphatic rings. The third-order valence-corrected chi connectivity index (χ3v) is 16.7. The summed E-state index contributed by atoms with van der Waals surface area (Å²) in [4.78, 5) is 9.22. The van der Waals surface area contributed by atoms with Gasteiger partial charge in [-0.3, -0.25) is 4.79 Å². The highest BCUT2D eigenvalue weighted by molar-refractivity contribution is 7.87. The van der Waals surface area contributed by atoms with Gasteiger partial charge in [-0.15, -0.1) is 0 Å². The Morgan fingerprint density at radius 2 is 1.23 bits per heavy atom. The van der Waals surface area contributed by atoms with Crippen molar-refractivity contribution in [2.24, 2.45) is 0 Å². The van der Waals surface area contributed by atoms with E-state index in [1.165, 1.54) is 25.3 Å². The maximum absolute atomic E-state index is 12.5. The van der Waals surface area contributed by atoms with Crippen LogP contribution in [0, 0.1) is 0 Å². The van der Waals surface area contributed by atoms with Crippen LogP contribution in [0.2, 0.25) is 0 Å². The van der Waals surface area contributed by atoms with Gasteiger partial charge in [0.25, 0.3) is 0 Å². The normalized spacial score (nSPS) is 18.3. The van der Waals surface area contributed by atoms with Gasteiger partial charge < -0.3 is 37.5 Å². The third-order valence-electron chi connectivity index (χ3n) is 12.6. The van der Waals surface area contributed by atoms with Crippen LogP contribution in [0.15, 0.2) is 116 Å². The van der Waals surface area contributed by atoms with Crippen LogP contribution < -0.4 is 4.90 Å². The summed E-state index contributed by atoms with van der Waals surface area (Å²) in [6, 6.07) is 8.80. The first-order chi connectivity index (χ1) is 32.8. The van der Waals surface area contributed by atoms with E-state index < -0.39 is 92.7 Å². The number of carbonyl (C=O) groups is 1. The number of aliphatic carboxylic acids is 1. The minimum Gasteiger partial charge on any atom is -0.748 e. The Bertz CT molecular complexity index is 3580. The molecule has 0 saturated carbocycles. The van der Waals surface area contributed by atoms with Gasteiger partial charge in [-0.05, 0) is 111 Å². The van der Waals surface area contributed by atoms with E-state index in [4.69, 9.17) is 9.84 Å². The molecule has 1 atom stereocenters. The lowest BCUT2D eigenvalue weighted by Crippen LogP contribution is -2.31. The maximum atomic E-state index is 12.5. The van der Waals surface area contributed by atoms with Crippen molar-refractivity contribution in [1.82, 2.24) is 0 Å². The molecule has 0 saturated heterocycles. The molecule has 2 aliphatic heterocycles. The summed E-state index contributed by atoms with van der Waals surface area (Å²) in [5.41, 5.74) is 0.390. The van der Waals surface area contributed by atoms with E-state index in [0.29, 0.717) is 66.3 Å². The predicted molar refractivity (Wildman–Crippen MR) is 255 cm³/mol. The number of hydrogen-bond acceptors (Lipinski definition) is 18. The Labute approximate surface area is 412 Å². The second-order valence-corrected chi connectivity index (χ2v) is 24.6. The number of benzene rings is 4. The smallest absolute Gasteiger partial charge is 0.303 e. The topological polar surface area (TPSA) is 339 Å². The van der Waals surface area contributed by atoms with Gasteiger partial charge in [-0.25, -0.2) is 42.1 Å². The van der Waals surface area contributed by atoms with E-state index in [1.54, 1.807) is 74.3 Å². The van der Waals surface area contributed by atoms with Crippen LogP contribution >= 0.6 is 0 Å². The molecular formula is C46H48N2O18S5-4. The van der Waals surface area contributed by atoms with Crippen molar-refractivity contribution in [3.8, 4) is 0 Å². The van der Waals surface area contributed by atoms with Gasteiger partial charge in [0.1, 0.15) is 47.0 Å². The van der Waals surface area contributed by atoms with Crippen molar-refractivity contribution in [2.45, 2.75) is 89.7 Å². The molecule has 0 spiro atoms. The molecule has 0 amide bonds. The van der Waals surface area contributed by atoms with E-state index in [9.17, 15) is 69.6 Å². The number of fused-ring (bicyclic) bond motifs is 6. The Morgan fingerprint density at radius 1 is 0.676 bits per heavy atom. The molecule has 25 heteroatoms. The van der Waals surface area contributed by atoms with Gasteiger partial charge in [-0.2, -0.15) is 4.58 Å². The molecule has 4 aromatic rings. The molecule has 384 valence electrons. The van der Waals surface area contributed by atoms with E-state index in [0.717, 1.165) is 12.1 Å². The minimum atomic E-state index is -5.36. The van der Waals surface area contributed by atoms with Crippen molar-refractivity contribution in [3.05, 3.63) is 108 Å². The van der Waals surface area contributed by atoms with E-state index in [2.05, 4.69) is 0 Å². The quantitative estimate of drug-likeness (QED) is 0.0500. The Balaban J connectivity index is 1.44. The van der Waals surface area contributed by atoms with Crippen molar-refractivity contribution in [2.75, 3.05) is 37.5 Å². The molecule has 0 aliphatic carbocycles. The Morgan fingerprint density at radius 3 is 1.76 bits per heavy atom. The van der Waals surface area contributed by atoms with Crippen LogP contribution in [0.4, 0.5) is 11.4 Å². The number of allylic oxidation sites excluding steroid dienone is 8. The van der Waals surface area contributed by atoms with Crippen LogP contribution in [-0.4, -0.2) is 119 Å². The van der Waals surface area contributed by atoms with E-state index in [-0.39, 0.29) is 59.5 Å². The highest BCUT2D eigenvalue weighted by atomic mass is 32.2. The number of rotatable bonds is 21. The van der Waals surface area contributed by atoms with Gasteiger partial charge in [0.2, 0.25) is 5.69 Å². The number of unbranched alkanes of at least 4 members (excludes halogenated alkanes) is 2. The minimum absolute atomic E-state index is 0.0529. The maximum Gasteiger partial charge on any atom is 0.303 e. The van der Waals surface area contributed by atoms with Crippen LogP contribution in [0.5, 0.6) is 0 Å². The summed E-state index contributed by atoms with van der Waals surface area (Å²) < 4.78 is 191. The number of carboxylic acids is 1. The standard InChI is InChI=1S/C46H52N2O18S5/c1-45(2)40(47(22-12-8-11-16-42(49)50)36-19-17-32-34(43(36)45)26-30(68(54,55)56)28-38(32)70(60,61)62)14-9-6-5-7-10-15-41-46(3,21-13-25-67(51,52)53)44-35-27-31(69(57,58)59)29-39(71(63,64)65)33(35)18-20-37(44)48(41)23-24-66-4/h5-7,9-10,14-15,17-20,26-29H,8,11-13,16,21-25H2,1-4H3,(H5-,49,50,51,52,53,54,55,56,57,58,59,60,61,62,63,64,65)/p-4. The second kappa shape index (κ2) is 20.4. The van der Waals surface area contributed by atoms with Crippen LogP contribution in [-0.2, 0) is 71.0 Å². The summed E-state index contributed by atoms with van der Waals surface area (Å²) in [7, 11) is -24.5. The lowest BCUT2D eigenvalue weighted by molar-refractivity contribution is -0.438. The Hall–Kier alpha value is -5.19. The van der Waals surface area contributed by atoms with Crippen LogP contribution in [0.3, 0.4) is 0 Å². The van der Waals surface area contributed by atoms with Crippen LogP contribution in [0.1, 0.15) is 70.4 Å². The van der Waals surface area contributed by atoms with Crippen LogP contribution in [0.25, 0.3) is 21.5 Å². The zero-order valence-electron chi connectivity index (χ0n) is 38.6. The molecule has 2 heterocycles. The Kier molecular flexibility index (Phi) is 15.8. The summed E-state index contributed by atoms with van der Waals surface area (Å²) in [6.45, 7) is 5.85. The fourth-order valence-electron chi connectivity index (χ4n) is 9.57. The molecule has 20 nitrogen and oxygen atoms in total. The van der Waals surface area contributed by atoms with Crippen molar-refractivity contribution >= 4 is 95.2 Å². The summed E-state index contributed by atoms with van der Waals surface area (Å²) in [5.74, 6) is -1.74. The molecule has 1 N–H and O–H groups in total. The lowest BCUT2D eigenvalue weighted by Gasteiger charge is -2.31. The average molecular weight is 1080 g/mol. The number of nitrogens with zero attached hydrogens (tertiary/aromatic N) is 2. The van der Waals surface area contributed by atoms with E-state index in [1.807, 2.05) is 4.58 Å². The van der Waals surface area contributed by atoms with Gasteiger partial charge in [0.15, 0.2) is 5.71 Å². The number of anilines is 1. The van der Waals surface area contributed by atoms with Gasteiger partial charge >= 0.3 is 5.97 Å². The second-order valence-electron chi connectivity index (χ2n) is 17.7. The summed E-state index contributed by atoms with van der Waals surface area (Å²) >= 11 is 0. The first kappa shape index (κ1) is 55.1. The number of methoxy groups -OCH3 is 1. The zero-order chi connectivity index (χ0) is 52.7. The lowest BCUT2D eigenvalue weighted by atomic mass is 9.75. The molecule has 6 rings (SSSR count). The number of hydrogen-bond donors (Lipinski definition) is 1. The molecule has 0 bridgehead atoms. The van der Waals surface area contributed by atoms with Gasteiger partial charge in [-0.1, -0.05) is 36.4 Å². The molecule has 0 aromatic heterocycles. The monoisotopic (exact) mass is 1080 g/mol. The highest BCUT2D eigenvalue weighted by Gasteiger charge is 2.47. The van der Waals surface area contributed by atoms with Crippen molar-refractivity contribution in [3.63, 3.8) is 0 Å². The molecule has 0 fully saturated rings. The molecule has 4 aromatic carbocycles. The van der Waals surface area contributed by atoms with E-state index >= 15 is 0 Å². The fourth-order valence-corrected chi connectivity index (χ4v) is 12.7. The van der Waals surface area contributed by atoms with Gasteiger partial charge in [0, 0.05) is 72.1 Å². The number of carboxylic acid groups (broad SMARTS) is 1. The summed E-state index contributed by atoms with van der Waals surface area (Å²) in [5, 5.41) is 8.85. The fraction of sp³-hybridized carbons (Fsp3) is 0.348. The largest absolute Gasteiger partial charge is 0.748 e. The van der Waals surface area contributed by atoms with Crippen molar-refractivity contribution in [1.29, 1.82) is 0 Å². The predicted octanol–water partition coefficient (Wildman–Crippen LogP) is 4.93. The SMILES string of the molecule is COCCN1C(=CC=CC=CC=CC2=[N+](CCCCCC(=O)O)c3ccc4c(S(=O)(=O)[O-])cc(S(=O)(=O)[O-])cc4c3C2(C)C)C(C)(CCCS(=O)(=O)[O-])c2c1ccc1c(S(=O)(=O)[O-])cc(S(=O)(=O)[O-])cc21. The zero-order valence-corrected chi connectivity index (χ0v) is 42.6. The number of ether oxygens (including phenoxy) is 1. The first-order valence-electron chi connectivity index (χ1n) is 21.7. The molecule has 0 radical (unpaired) electrons.